The number of carbonyl (C=O) groups is 1. The van der Waals surface area contributed by atoms with E-state index in [1.54, 1.807) is 6.92 Å². The number of nitrogens with zero attached hydrogens (tertiary/aromatic N) is 1. The maximum absolute atomic E-state index is 11.3. The Balaban J connectivity index is 3.16. The molecule has 7 heteroatoms. The molecule has 0 bridgehead atoms. The van der Waals surface area contributed by atoms with Crippen molar-refractivity contribution in [3.63, 3.8) is 0 Å². The van der Waals surface area contributed by atoms with Gasteiger partial charge >= 0.3 is 5.97 Å². The molecule has 142 valence electrons. The first kappa shape index (κ1) is 21.6. The molecular formula is C18H31NO5Si. The molecule has 0 aliphatic heterocycles. The smallest absolute Gasteiger partial charge is 0.358 e. The quantitative estimate of drug-likeness (QED) is 0.527. The number of hydrogen-bond donors (Lipinski definition) is 1. The van der Waals surface area contributed by atoms with Crippen LogP contribution in [0.2, 0.25) is 18.1 Å². The maximum Gasteiger partial charge on any atom is 0.358 e. The van der Waals surface area contributed by atoms with Crippen molar-refractivity contribution < 1.29 is 23.6 Å². The fraction of sp³-hybridized carbons (Fsp3) is 0.667. The van der Waals surface area contributed by atoms with Gasteiger partial charge in [-0.15, -0.1) is 0 Å². The highest BCUT2D eigenvalue weighted by molar-refractivity contribution is 6.74. The van der Waals surface area contributed by atoms with Crippen molar-refractivity contribution in [2.75, 3.05) is 6.61 Å². The van der Waals surface area contributed by atoms with Gasteiger partial charge in [-0.05, 0) is 38.9 Å². The van der Waals surface area contributed by atoms with Crippen LogP contribution in [0.25, 0.3) is 0 Å². The second kappa shape index (κ2) is 7.84. The Bertz CT molecular complexity index is 630. The lowest BCUT2D eigenvalue weighted by Gasteiger charge is -2.40. The van der Waals surface area contributed by atoms with Gasteiger partial charge in [-0.1, -0.05) is 38.1 Å². The molecule has 1 aromatic rings. The van der Waals surface area contributed by atoms with E-state index in [1.807, 2.05) is 13.8 Å². The molecule has 0 saturated heterocycles. The zero-order valence-electron chi connectivity index (χ0n) is 16.6. The molecule has 0 spiro atoms. The molecule has 1 rings (SSSR count). The number of rotatable bonds is 8. The summed E-state index contributed by atoms with van der Waals surface area (Å²) in [5.41, 5.74) is 1.23. The van der Waals surface area contributed by atoms with Crippen molar-refractivity contribution in [3.8, 4) is 0 Å². The molecule has 1 heterocycles. The highest BCUT2D eigenvalue weighted by Gasteiger charge is 2.41. The van der Waals surface area contributed by atoms with Crippen molar-refractivity contribution in [1.29, 1.82) is 0 Å². The Labute approximate surface area is 151 Å². The van der Waals surface area contributed by atoms with Gasteiger partial charge in [0, 0.05) is 5.56 Å². The van der Waals surface area contributed by atoms with Crippen molar-refractivity contribution in [2.45, 2.75) is 71.9 Å². The number of ether oxygens (including phenoxy) is 1. The van der Waals surface area contributed by atoms with Crippen LogP contribution in [0.3, 0.4) is 0 Å². The van der Waals surface area contributed by atoms with Crippen LogP contribution in [0.15, 0.2) is 16.7 Å². The first-order chi connectivity index (χ1) is 11.3. The molecule has 2 atom stereocenters. The van der Waals surface area contributed by atoms with E-state index in [-0.39, 0.29) is 16.8 Å². The summed E-state index contributed by atoms with van der Waals surface area (Å²) in [4.78, 5) is 11.3. The van der Waals surface area contributed by atoms with E-state index in [0.717, 1.165) is 5.57 Å². The van der Waals surface area contributed by atoms with Gasteiger partial charge in [-0.2, -0.15) is 0 Å². The van der Waals surface area contributed by atoms with Gasteiger partial charge in [0.2, 0.25) is 0 Å². The fourth-order valence-corrected chi connectivity index (χ4v) is 3.58. The van der Waals surface area contributed by atoms with Crippen molar-refractivity contribution in [1.82, 2.24) is 5.16 Å². The number of aromatic nitrogens is 1. The third-order valence-electron chi connectivity index (χ3n) is 4.64. The number of carboxylic acids is 1. The number of hydrogen-bond acceptors (Lipinski definition) is 5. The van der Waals surface area contributed by atoms with Crippen LogP contribution in [0, 0.1) is 6.92 Å². The first-order valence-electron chi connectivity index (χ1n) is 8.41. The van der Waals surface area contributed by atoms with Crippen LogP contribution in [0.5, 0.6) is 0 Å². The lowest BCUT2D eigenvalue weighted by Crippen LogP contribution is -2.45. The van der Waals surface area contributed by atoms with Gasteiger partial charge in [0.1, 0.15) is 6.10 Å². The summed E-state index contributed by atoms with van der Waals surface area (Å²) < 4.78 is 17.7. The Morgan fingerprint density at radius 1 is 1.40 bits per heavy atom. The number of aromatic carboxylic acids is 1. The zero-order valence-corrected chi connectivity index (χ0v) is 17.6. The molecule has 6 nitrogen and oxygen atoms in total. The van der Waals surface area contributed by atoms with Crippen molar-refractivity contribution in [3.05, 3.63) is 29.2 Å². The SMILES string of the molecule is C=C(C)COC(c1onc(C(=O)O)c1C)C(C)O[Si](C)(C)C(C)(C)C. The molecule has 0 saturated carbocycles. The summed E-state index contributed by atoms with van der Waals surface area (Å²) >= 11 is 0. The third-order valence-corrected chi connectivity index (χ3v) is 9.22. The van der Waals surface area contributed by atoms with Gasteiger partial charge in [0.25, 0.3) is 0 Å². The van der Waals surface area contributed by atoms with Crippen LogP contribution in [0.1, 0.15) is 62.5 Å². The summed E-state index contributed by atoms with van der Waals surface area (Å²) in [6.07, 6.45) is -0.861. The van der Waals surface area contributed by atoms with Crippen LogP contribution < -0.4 is 0 Å². The second-order valence-electron chi connectivity index (χ2n) is 8.10. The van der Waals surface area contributed by atoms with E-state index in [0.29, 0.717) is 17.9 Å². The average Bonchev–Trinajstić information content (AvgIpc) is 2.79. The summed E-state index contributed by atoms with van der Waals surface area (Å²) in [7, 11) is -2.03. The molecule has 0 aliphatic carbocycles. The Hall–Kier alpha value is -1.44. The predicted octanol–water partition coefficient (Wildman–Crippen LogP) is 4.73. The lowest BCUT2D eigenvalue weighted by molar-refractivity contribution is -0.0308. The molecule has 0 fully saturated rings. The van der Waals surface area contributed by atoms with Gasteiger partial charge in [0.15, 0.2) is 19.8 Å². The molecule has 0 radical (unpaired) electrons. The summed E-state index contributed by atoms with van der Waals surface area (Å²) in [5, 5.41) is 12.9. The molecule has 0 aliphatic rings. The number of carboxylic acid groups (broad SMARTS) is 1. The highest BCUT2D eigenvalue weighted by Crippen LogP contribution is 2.39. The Morgan fingerprint density at radius 3 is 2.36 bits per heavy atom. The Kier molecular flexibility index (Phi) is 6.78. The minimum Gasteiger partial charge on any atom is -0.476 e. The van der Waals surface area contributed by atoms with Crippen molar-refractivity contribution >= 4 is 14.3 Å². The molecule has 0 aromatic carbocycles. The molecule has 25 heavy (non-hydrogen) atoms. The minimum atomic E-state index is -2.03. The first-order valence-corrected chi connectivity index (χ1v) is 11.3. The summed E-state index contributed by atoms with van der Waals surface area (Å²) in [6, 6.07) is 0. The normalized spacial score (nSPS) is 15.0. The maximum atomic E-state index is 11.3. The summed E-state index contributed by atoms with van der Waals surface area (Å²) in [5.74, 6) is -0.728. The van der Waals surface area contributed by atoms with Gasteiger partial charge in [-0.25, -0.2) is 4.79 Å². The van der Waals surface area contributed by atoms with Gasteiger partial charge in [0.05, 0.1) is 12.7 Å². The third kappa shape index (κ3) is 5.26. The zero-order chi connectivity index (χ0) is 19.6. The standard InChI is InChI=1S/C18H31NO5Si/c1-11(2)10-22-16(13(4)24-25(8,9)18(5,6)7)15-12(3)14(17(20)21)19-23-15/h13,16H,1,10H2,2-9H3,(H,20,21). The van der Waals surface area contributed by atoms with Crippen LogP contribution >= 0.6 is 0 Å². The second-order valence-corrected chi connectivity index (χ2v) is 12.9. The van der Waals surface area contributed by atoms with Gasteiger partial charge < -0.3 is 18.8 Å². The van der Waals surface area contributed by atoms with E-state index in [4.69, 9.17) is 13.7 Å². The highest BCUT2D eigenvalue weighted by atomic mass is 28.4. The molecule has 2 unspecified atom stereocenters. The topological polar surface area (TPSA) is 81.8 Å². The monoisotopic (exact) mass is 369 g/mol. The lowest BCUT2D eigenvalue weighted by atomic mass is 10.1. The van der Waals surface area contributed by atoms with Crippen LogP contribution in [-0.4, -0.2) is 37.3 Å². The molecule has 1 N–H and O–H groups in total. The van der Waals surface area contributed by atoms with E-state index >= 15 is 0 Å². The molecule has 1 aromatic heterocycles. The van der Waals surface area contributed by atoms with E-state index in [1.165, 1.54) is 0 Å². The Morgan fingerprint density at radius 2 is 1.96 bits per heavy atom. The minimum absolute atomic E-state index is 0.0445. The van der Waals surface area contributed by atoms with Crippen LogP contribution in [-0.2, 0) is 9.16 Å². The molecular weight excluding hydrogens is 338 g/mol. The summed E-state index contributed by atoms with van der Waals surface area (Å²) in [6.45, 7) is 20.5. The van der Waals surface area contributed by atoms with E-state index in [2.05, 4.69) is 45.6 Å². The van der Waals surface area contributed by atoms with E-state index in [9.17, 15) is 9.90 Å². The average molecular weight is 370 g/mol. The van der Waals surface area contributed by atoms with E-state index < -0.39 is 20.4 Å². The van der Waals surface area contributed by atoms with Crippen molar-refractivity contribution in [2.24, 2.45) is 0 Å². The fourth-order valence-electron chi connectivity index (χ4n) is 2.17. The largest absolute Gasteiger partial charge is 0.476 e. The van der Waals surface area contributed by atoms with Crippen LogP contribution in [0.4, 0.5) is 0 Å². The van der Waals surface area contributed by atoms with Gasteiger partial charge in [-0.3, -0.25) is 0 Å². The molecule has 0 amide bonds. The predicted molar refractivity (Wildman–Crippen MR) is 99.5 cm³/mol.